The lowest BCUT2D eigenvalue weighted by molar-refractivity contribution is -0.142. The number of benzene rings is 8. The first-order valence-corrected chi connectivity index (χ1v) is 26.3. The van der Waals surface area contributed by atoms with E-state index in [0.717, 1.165) is 81.6 Å². The molecule has 2 atom stereocenters. The van der Waals surface area contributed by atoms with Gasteiger partial charge in [-0.15, -0.1) is 0 Å². The second-order valence-corrected chi connectivity index (χ2v) is 18.5. The third-order valence-corrected chi connectivity index (χ3v) is 12.7. The van der Waals surface area contributed by atoms with Gasteiger partial charge in [0, 0.05) is 36.5 Å². The summed E-state index contributed by atoms with van der Waals surface area (Å²) in [5.74, 6) is -0.302. The Balaban J connectivity index is 0.886. The maximum Gasteiger partial charge on any atom is 0.343 e. The van der Waals surface area contributed by atoms with E-state index in [1.165, 1.54) is 0 Å². The number of carbonyl (C=O) groups is 4. The van der Waals surface area contributed by atoms with Gasteiger partial charge in [0.15, 0.2) is 0 Å². The number of rotatable bonds is 29. The minimum atomic E-state index is -0.906. The molecule has 0 aliphatic carbocycles. The highest BCUT2D eigenvalue weighted by Crippen LogP contribution is 2.46. The molecule has 8 rings (SSSR count). The molecule has 14 heteroatoms. The van der Waals surface area contributed by atoms with Crippen LogP contribution in [0.5, 0.6) is 23.0 Å². The summed E-state index contributed by atoms with van der Waals surface area (Å²) < 4.78 is 45.0. The predicted molar refractivity (Wildman–Crippen MR) is 306 cm³/mol. The number of hydrogen-bond acceptors (Lipinski definition) is 14. The van der Waals surface area contributed by atoms with Crippen LogP contribution < -0.4 is 18.9 Å². The van der Waals surface area contributed by atoms with Gasteiger partial charge in [0.1, 0.15) is 48.4 Å². The maximum atomic E-state index is 14.1. The monoisotopic (exact) mass is 1080 g/mol. The number of esters is 4. The van der Waals surface area contributed by atoms with Crippen molar-refractivity contribution in [1.82, 2.24) is 0 Å². The zero-order valence-electron chi connectivity index (χ0n) is 44.2. The molecule has 0 saturated carbocycles. The van der Waals surface area contributed by atoms with Crippen LogP contribution in [0.4, 0.5) is 0 Å². The van der Waals surface area contributed by atoms with Crippen molar-refractivity contribution in [1.29, 1.82) is 0 Å². The maximum absolute atomic E-state index is 14.1. The van der Waals surface area contributed by atoms with Crippen molar-refractivity contribution < 1.29 is 67.3 Å². The van der Waals surface area contributed by atoms with E-state index in [9.17, 15) is 29.4 Å². The molecular weight excluding hydrogens is 1020 g/mol. The third-order valence-electron chi connectivity index (χ3n) is 12.7. The summed E-state index contributed by atoms with van der Waals surface area (Å²) in [6.45, 7) is 8.27. The molecule has 8 aromatic rings. The predicted octanol–water partition coefficient (Wildman–Crippen LogP) is 12.0. The normalized spacial score (nSPS) is 11.8. The highest BCUT2D eigenvalue weighted by atomic mass is 16.6. The number of carbonyl (C=O) groups excluding carboxylic acids is 4. The molecule has 2 N–H and O–H groups in total. The molecule has 8 aromatic carbocycles. The smallest absolute Gasteiger partial charge is 0.343 e. The van der Waals surface area contributed by atoms with E-state index in [-0.39, 0.29) is 26.4 Å². The summed E-state index contributed by atoms with van der Waals surface area (Å²) in [6.07, 6.45) is 3.19. The Labute approximate surface area is 464 Å². The first kappa shape index (κ1) is 57.3. The van der Waals surface area contributed by atoms with Gasteiger partial charge in [-0.25, -0.2) is 19.2 Å². The highest BCUT2D eigenvalue weighted by Gasteiger charge is 2.23. The lowest BCUT2D eigenvalue weighted by atomic mass is 9.92. The summed E-state index contributed by atoms with van der Waals surface area (Å²) in [7, 11) is 0. The zero-order valence-corrected chi connectivity index (χ0v) is 44.2. The van der Waals surface area contributed by atoms with Crippen LogP contribution in [0.1, 0.15) is 46.4 Å². The summed E-state index contributed by atoms with van der Waals surface area (Å²) in [5, 5.41) is 23.1. The lowest BCUT2D eigenvalue weighted by Gasteiger charge is -2.19. The zero-order chi connectivity index (χ0) is 56.1. The summed E-state index contributed by atoms with van der Waals surface area (Å²) in [6, 6.07) is 52.7. The molecule has 0 heterocycles. The first-order valence-electron chi connectivity index (χ1n) is 26.3. The van der Waals surface area contributed by atoms with Gasteiger partial charge in [-0.05, 0) is 130 Å². The van der Waals surface area contributed by atoms with Crippen LogP contribution in [0.3, 0.4) is 0 Å². The van der Waals surface area contributed by atoms with Crippen LogP contribution in [0, 0.1) is 0 Å². The Morgan fingerprint density at radius 3 is 1.14 bits per heavy atom. The van der Waals surface area contributed by atoms with Crippen molar-refractivity contribution >= 4 is 45.4 Å². The molecule has 14 nitrogen and oxygen atoms in total. The molecule has 80 heavy (non-hydrogen) atoms. The quantitative estimate of drug-likeness (QED) is 0.0195. The Morgan fingerprint density at radius 1 is 0.412 bits per heavy atom. The number of unbranched alkanes of at least 4 members (excludes halogenated alkanes) is 2. The number of aliphatic hydroxyl groups excluding tert-OH is 2. The second kappa shape index (κ2) is 29.2. The number of fused-ring (bicyclic) bond motifs is 2. The van der Waals surface area contributed by atoms with Crippen LogP contribution in [0.2, 0.25) is 0 Å². The molecule has 0 aliphatic heterocycles. The molecule has 0 bridgehead atoms. The average Bonchev–Trinajstić information content (AvgIpc) is 3.55. The average molecular weight is 1080 g/mol. The molecule has 410 valence electrons. The van der Waals surface area contributed by atoms with Gasteiger partial charge in [0.25, 0.3) is 0 Å². The van der Waals surface area contributed by atoms with Crippen LogP contribution in [0.15, 0.2) is 195 Å². The number of aliphatic hydroxyl groups is 2. The molecular formula is C66H62O14. The minimum Gasteiger partial charge on any atom is -0.494 e. The SMILES string of the molecule is C=CC(=O)OCC(O)COCCCCOc1ccc(-c2ccc(C(=O)Oc3ccc4ccccc4c3-c3c(OC(=O)c4ccc(-c5ccc(OCCCCOCC(O)COC(=O)C=C)cc5)cc4)ccc4ccccc34)cc2)cc1. The third kappa shape index (κ3) is 16.1. The Kier molecular flexibility index (Phi) is 20.9. The van der Waals surface area contributed by atoms with Crippen LogP contribution >= 0.6 is 0 Å². The second-order valence-electron chi connectivity index (χ2n) is 18.5. The van der Waals surface area contributed by atoms with E-state index in [1.807, 2.05) is 133 Å². The fraction of sp³-hybridized carbons (Fsp3) is 0.212. The molecule has 0 aliphatic rings. The van der Waals surface area contributed by atoms with Gasteiger partial charge in [-0.1, -0.05) is 122 Å². The molecule has 0 spiro atoms. The van der Waals surface area contributed by atoms with Gasteiger partial charge >= 0.3 is 23.9 Å². The Bertz CT molecular complexity index is 3140. The van der Waals surface area contributed by atoms with E-state index in [4.69, 9.17) is 37.9 Å². The van der Waals surface area contributed by atoms with Crippen molar-refractivity contribution in [2.75, 3.05) is 52.9 Å². The molecule has 0 fully saturated rings. The molecule has 0 aromatic heterocycles. The fourth-order valence-corrected chi connectivity index (χ4v) is 8.59. The molecule has 2 unspecified atom stereocenters. The van der Waals surface area contributed by atoms with Crippen molar-refractivity contribution in [3.8, 4) is 56.4 Å². The van der Waals surface area contributed by atoms with Gasteiger partial charge in [-0.3, -0.25) is 0 Å². The molecule has 0 amide bonds. The van der Waals surface area contributed by atoms with Gasteiger partial charge in [0.2, 0.25) is 0 Å². The van der Waals surface area contributed by atoms with Crippen molar-refractivity contribution in [3.05, 3.63) is 206 Å². The fourth-order valence-electron chi connectivity index (χ4n) is 8.59. The van der Waals surface area contributed by atoms with E-state index >= 15 is 0 Å². The summed E-state index contributed by atoms with van der Waals surface area (Å²) in [5.41, 5.74) is 5.53. The molecule has 0 radical (unpaired) electrons. The summed E-state index contributed by atoms with van der Waals surface area (Å²) >= 11 is 0. The van der Waals surface area contributed by atoms with E-state index in [0.29, 0.717) is 71.7 Å². The lowest BCUT2D eigenvalue weighted by Crippen LogP contribution is -2.23. The highest BCUT2D eigenvalue weighted by molar-refractivity contribution is 6.11. The number of hydrogen-bond donors (Lipinski definition) is 2. The minimum absolute atomic E-state index is 0.0585. The van der Waals surface area contributed by atoms with Crippen molar-refractivity contribution in [2.45, 2.75) is 37.9 Å². The van der Waals surface area contributed by atoms with Crippen LogP contribution in [-0.4, -0.2) is 99.2 Å². The van der Waals surface area contributed by atoms with E-state index in [2.05, 4.69) is 13.2 Å². The van der Waals surface area contributed by atoms with Crippen molar-refractivity contribution in [3.63, 3.8) is 0 Å². The van der Waals surface area contributed by atoms with Crippen LogP contribution in [0.25, 0.3) is 54.9 Å². The topological polar surface area (TPSA) is 183 Å². The number of ether oxygens (including phenoxy) is 8. The van der Waals surface area contributed by atoms with Gasteiger partial charge in [-0.2, -0.15) is 0 Å². The van der Waals surface area contributed by atoms with Gasteiger partial charge < -0.3 is 48.1 Å². The standard InChI is InChI=1S/C66H62O14/c1-3-61(69)77-43-53(67)41-73-37-9-11-39-75-55-31-25-47(26-32-55)45-17-21-51(22-18-45)65(71)79-59-35-29-49-13-5-7-15-57(49)63(59)64-58-16-8-6-14-50(58)30-36-60(64)80-66(72)52-23-19-46(20-24-52)48-27-33-56(34-28-48)76-40-12-10-38-74-42-54(68)44-78-62(70)4-2/h3-8,13-36,53-54,67-68H,1-2,9-12,37-44H2. The van der Waals surface area contributed by atoms with Crippen molar-refractivity contribution in [2.24, 2.45) is 0 Å². The largest absolute Gasteiger partial charge is 0.494 e. The van der Waals surface area contributed by atoms with E-state index in [1.54, 1.807) is 36.4 Å². The first-order chi connectivity index (χ1) is 39.1. The van der Waals surface area contributed by atoms with Gasteiger partial charge in [0.05, 0.1) is 37.6 Å². The summed E-state index contributed by atoms with van der Waals surface area (Å²) in [4.78, 5) is 50.5. The molecule has 0 saturated heterocycles. The Morgan fingerprint density at radius 2 is 0.762 bits per heavy atom. The van der Waals surface area contributed by atoms with E-state index < -0.39 is 36.1 Å². The Hall–Kier alpha value is -8.92. The van der Waals surface area contributed by atoms with Crippen LogP contribution in [-0.2, 0) is 28.5 Å².